The van der Waals surface area contributed by atoms with Crippen LogP contribution in [0.4, 0.5) is 19.1 Å². The lowest BCUT2D eigenvalue weighted by Crippen LogP contribution is -2.32. The van der Waals surface area contributed by atoms with Crippen LogP contribution >= 0.6 is 0 Å². The van der Waals surface area contributed by atoms with Crippen LogP contribution < -0.4 is 10.9 Å². The number of aromatic amines is 1. The quantitative estimate of drug-likeness (QED) is 0.683. The lowest BCUT2D eigenvalue weighted by Gasteiger charge is -2.06. The highest BCUT2D eigenvalue weighted by Gasteiger charge is 2.39. The second-order valence-corrected chi connectivity index (χ2v) is 2.73. The zero-order chi connectivity index (χ0) is 13.2. The van der Waals surface area contributed by atoms with Crippen molar-refractivity contribution in [3.05, 3.63) is 22.1 Å². The molecule has 0 aliphatic carbocycles. The largest absolute Gasteiger partial charge is 0.477 e. The topological polar surface area (TPSA) is 112 Å². The number of hydrogen-bond donors (Lipinski definition) is 3. The molecule has 0 aliphatic rings. The Balaban J connectivity index is 2.97. The first-order chi connectivity index (χ1) is 7.71. The van der Waals surface area contributed by atoms with E-state index in [1.807, 2.05) is 0 Å². The van der Waals surface area contributed by atoms with E-state index in [2.05, 4.69) is 4.98 Å². The zero-order valence-corrected chi connectivity index (χ0v) is 7.83. The van der Waals surface area contributed by atoms with Gasteiger partial charge in [0.15, 0.2) is 0 Å². The summed E-state index contributed by atoms with van der Waals surface area (Å²) in [5.41, 5.74) is -1.93. The lowest BCUT2D eigenvalue weighted by molar-refractivity contribution is -0.167. The smallest absolute Gasteiger partial charge is 0.471 e. The van der Waals surface area contributed by atoms with Crippen molar-refractivity contribution >= 4 is 17.8 Å². The molecule has 0 aliphatic heterocycles. The predicted molar refractivity (Wildman–Crippen MR) is 46.5 cm³/mol. The van der Waals surface area contributed by atoms with Crippen molar-refractivity contribution < 1.29 is 27.9 Å². The summed E-state index contributed by atoms with van der Waals surface area (Å²) in [7, 11) is 0. The van der Waals surface area contributed by atoms with Crippen molar-refractivity contribution in [2.75, 3.05) is 5.32 Å². The number of rotatable bonds is 2. The third kappa shape index (κ3) is 3.03. The van der Waals surface area contributed by atoms with Gasteiger partial charge in [-0.1, -0.05) is 0 Å². The molecule has 0 radical (unpaired) electrons. The molecule has 92 valence electrons. The number of aromatic nitrogens is 2. The fraction of sp³-hybridized carbons (Fsp3) is 0.143. The molecule has 1 aromatic heterocycles. The van der Waals surface area contributed by atoms with Crippen molar-refractivity contribution in [1.29, 1.82) is 0 Å². The maximum Gasteiger partial charge on any atom is 0.471 e. The number of hydrogen-bond acceptors (Lipinski definition) is 4. The minimum Gasteiger partial charge on any atom is -0.477 e. The molecule has 1 aromatic rings. The number of carboxylic acids is 1. The van der Waals surface area contributed by atoms with Gasteiger partial charge < -0.3 is 5.11 Å². The number of nitrogens with zero attached hydrogens (tertiary/aromatic N) is 1. The van der Waals surface area contributed by atoms with Crippen LogP contribution in [0.3, 0.4) is 0 Å². The van der Waals surface area contributed by atoms with Crippen LogP contribution in [0.1, 0.15) is 10.4 Å². The van der Waals surface area contributed by atoms with Gasteiger partial charge in [0.05, 0.1) is 6.20 Å². The third-order valence-corrected chi connectivity index (χ3v) is 1.52. The number of carboxylic acid groups (broad SMARTS) is 1. The van der Waals surface area contributed by atoms with Gasteiger partial charge in [-0.05, 0) is 0 Å². The summed E-state index contributed by atoms with van der Waals surface area (Å²) >= 11 is 0. The Morgan fingerprint density at radius 2 is 2.00 bits per heavy atom. The number of alkyl halides is 3. The molecule has 10 heteroatoms. The SMILES string of the molecule is O=C(O)c1cnc(NC(=O)C(F)(F)F)[nH]c1=O. The summed E-state index contributed by atoms with van der Waals surface area (Å²) in [5.74, 6) is -4.71. The fourth-order valence-corrected chi connectivity index (χ4v) is 0.789. The highest BCUT2D eigenvalue weighted by atomic mass is 19.4. The molecule has 0 bridgehead atoms. The van der Waals surface area contributed by atoms with Gasteiger partial charge in [-0.2, -0.15) is 13.2 Å². The first-order valence-corrected chi connectivity index (χ1v) is 3.92. The van der Waals surface area contributed by atoms with Crippen molar-refractivity contribution in [2.24, 2.45) is 0 Å². The number of carbonyl (C=O) groups excluding carboxylic acids is 1. The van der Waals surface area contributed by atoms with Gasteiger partial charge in [0.25, 0.3) is 5.56 Å². The van der Waals surface area contributed by atoms with Crippen molar-refractivity contribution in [1.82, 2.24) is 9.97 Å². The summed E-state index contributed by atoms with van der Waals surface area (Å²) in [6.45, 7) is 0. The van der Waals surface area contributed by atoms with Gasteiger partial charge in [0, 0.05) is 0 Å². The number of halogens is 3. The normalized spacial score (nSPS) is 11.0. The molecule has 0 fully saturated rings. The second-order valence-electron chi connectivity index (χ2n) is 2.73. The Hall–Kier alpha value is -2.39. The minimum absolute atomic E-state index is 0.535. The fourth-order valence-electron chi connectivity index (χ4n) is 0.789. The molecule has 1 rings (SSSR count). The molecular formula is C7H4F3N3O4. The molecule has 0 spiro atoms. The number of nitrogens with one attached hydrogen (secondary N) is 2. The lowest BCUT2D eigenvalue weighted by atomic mass is 10.3. The summed E-state index contributed by atoms with van der Waals surface area (Å²) in [6, 6.07) is 0. The van der Waals surface area contributed by atoms with Crippen molar-refractivity contribution in [2.45, 2.75) is 6.18 Å². The Morgan fingerprint density at radius 3 is 2.41 bits per heavy atom. The maximum absolute atomic E-state index is 11.8. The minimum atomic E-state index is -5.13. The van der Waals surface area contributed by atoms with Gasteiger partial charge in [-0.15, -0.1) is 0 Å². The van der Waals surface area contributed by atoms with Gasteiger partial charge in [-0.25, -0.2) is 9.78 Å². The van der Waals surface area contributed by atoms with E-state index in [1.165, 1.54) is 5.32 Å². The highest BCUT2D eigenvalue weighted by Crippen LogP contribution is 2.15. The van der Waals surface area contributed by atoms with Crippen LogP contribution in [-0.4, -0.2) is 33.1 Å². The molecule has 7 nitrogen and oxygen atoms in total. The van der Waals surface area contributed by atoms with Crippen LogP contribution in [-0.2, 0) is 4.79 Å². The summed E-state index contributed by atoms with van der Waals surface area (Å²) in [6.07, 6.45) is -4.60. The highest BCUT2D eigenvalue weighted by molar-refractivity contribution is 5.93. The number of anilines is 1. The molecule has 1 amide bonds. The van der Waals surface area contributed by atoms with Crippen LogP contribution in [0.15, 0.2) is 11.0 Å². The van der Waals surface area contributed by atoms with E-state index in [0.29, 0.717) is 6.20 Å². The number of amides is 1. The Kier molecular flexibility index (Phi) is 3.16. The van der Waals surface area contributed by atoms with E-state index in [-0.39, 0.29) is 0 Å². The number of aromatic carboxylic acids is 1. The molecule has 17 heavy (non-hydrogen) atoms. The zero-order valence-electron chi connectivity index (χ0n) is 7.83. The molecule has 0 aromatic carbocycles. The first kappa shape index (κ1) is 12.7. The Bertz CT molecular complexity index is 522. The first-order valence-electron chi connectivity index (χ1n) is 3.92. The molecule has 1 heterocycles. The van der Waals surface area contributed by atoms with E-state index < -0.39 is 35.1 Å². The van der Waals surface area contributed by atoms with E-state index in [4.69, 9.17) is 5.11 Å². The number of H-pyrrole nitrogens is 1. The van der Waals surface area contributed by atoms with Crippen LogP contribution in [0.5, 0.6) is 0 Å². The van der Waals surface area contributed by atoms with Gasteiger partial charge in [0.1, 0.15) is 5.56 Å². The molecule has 0 saturated heterocycles. The van der Waals surface area contributed by atoms with Crippen LogP contribution in [0, 0.1) is 0 Å². The van der Waals surface area contributed by atoms with Gasteiger partial charge in [0.2, 0.25) is 5.95 Å². The van der Waals surface area contributed by atoms with Crippen LogP contribution in [0.2, 0.25) is 0 Å². The Morgan fingerprint density at radius 1 is 1.41 bits per heavy atom. The summed E-state index contributed by atoms with van der Waals surface area (Å²) < 4.78 is 35.5. The van der Waals surface area contributed by atoms with E-state index in [1.54, 1.807) is 4.98 Å². The molecule has 0 atom stereocenters. The molecule has 3 N–H and O–H groups in total. The van der Waals surface area contributed by atoms with Crippen molar-refractivity contribution in [3.63, 3.8) is 0 Å². The van der Waals surface area contributed by atoms with Crippen LogP contribution in [0.25, 0.3) is 0 Å². The van der Waals surface area contributed by atoms with E-state index in [0.717, 1.165) is 0 Å². The second kappa shape index (κ2) is 4.23. The van der Waals surface area contributed by atoms with E-state index in [9.17, 15) is 27.6 Å². The third-order valence-electron chi connectivity index (χ3n) is 1.52. The maximum atomic E-state index is 11.8. The predicted octanol–water partition coefficient (Wildman–Crippen LogP) is -0.0311. The monoisotopic (exact) mass is 251 g/mol. The van der Waals surface area contributed by atoms with E-state index >= 15 is 0 Å². The standard InChI is InChI=1S/C7H4F3N3O4/c8-7(9,10)5(17)13-6-11-1-2(4(15)16)3(14)12-6/h1H,(H,15,16)(H2,11,12,13,14,17). The molecular weight excluding hydrogens is 247 g/mol. The average molecular weight is 251 g/mol. The average Bonchev–Trinajstić information content (AvgIpc) is 2.15. The van der Waals surface area contributed by atoms with Gasteiger partial charge in [-0.3, -0.25) is 19.9 Å². The Labute approximate surface area is 90.3 Å². The van der Waals surface area contributed by atoms with Crippen molar-refractivity contribution in [3.8, 4) is 0 Å². The summed E-state index contributed by atoms with van der Waals surface area (Å²) in [4.78, 5) is 36.7. The molecule has 0 unspecified atom stereocenters. The number of carbonyl (C=O) groups is 2. The van der Waals surface area contributed by atoms with Gasteiger partial charge >= 0.3 is 18.1 Å². The summed E-state index contributed by atoms with van der Waals surface area (Å²) in [5, 5.41) is 9.71. The molecule has 0 saturated carbocycles.